The van der Waals surface area contributed by atoms with Crippen molar-refractivity contribution in [3.05, 3.63) is 79.8 Å². The Hall–Kier alpha value is -2.29. The van der Waals surface area contributed by atoms with Crippen LogP contribution in [0.15, 0.2) is 57.9 Å². The van der Waals surface area contributed by atoms with Crippen molar-refractivity contribution in [3.63, 3.8) is 0 Å². The fourth-order valence-corrected chi connectivity index (χ4v) is 4.84. The summed E-state index contributed by atoms with van der Waals surface area (Å²) in [5.74, 6) is 0.148. The van der Waals surface area contributed by atoms with Gasteiger partial charge in [0.2, 0.25) is 0 Å². The molecule has 10 heteroatoms. The van der Waals surface area contributed by atoms with Crippen molar-refractivity contribution in [2.45, 2.75) is 6.92 Å². The molecule has 0 atom stereocenters. The summed E-state index contributed by atoms with van der Waals surface area (Å²) in [6.45, 7) is 1.96. The molecule has 5 nitrogen and oxygen atoms in total. The summed E-state index contributed by atoms with van der Waals surface area (Å²) in [6, 6.07) is 13.3. The van der Waals surface area contributed by atoms with E-state index in [1.165, 1.54) is 4.90 Å². The van der Waals surface area contributed by atoms with E-state index >= 15 is 0 Å². The van der Waals surface area contributed by atoms with Gasteiger partial charge in [0, 0.05) is 11.6 Å². The molecular weight excluding hydrogens is 525 g/mol. The summed E-state index contributed by atoms with van der Waals surface area (Å²) >= 11 is 24.7. The molecule has 1 amide bonds. The molecule has 0 spiro atoms. The highest BCUT2D eigenvalue weighted by Gasteiger charge is 2.33. The Morgan fingerprint density at radius 2 is 1.85 bits per heavy atom. The minimum atomic E-state index is -0.512. The maximum absolute atomic E-state index is 13.0. The predicted octanol–water partition coefficient (Wildman–Crippen LogP) is 7.49. The number of carbonyl (C=O) groups is 2. The molecule has 1 fully saturated rings. The van der Waals surface area contributed by atoms with E-state index in [0.717, 1.165) is 11.8 Å². The number of nitrogens with zero attached hydrogens (tertiary/aromatic N) is 1. The molecule has 0 aliphatic carbocycles. The molecular formula is C23H14Cl3NO4S2. The van der Waals surface area contributed by atoms with Crippen LogP contribution >= 0.6 is 58.8 Å². The van der Waals surface area contributed by atoms with E-state index in [9.17, 15) is 9.59 Å². The van der Waals surface area contributed by atoms with Gasteiger partial charge in [-0.1, -0.05) is 58.8 Å². The van der Waals surface area contributed by atoms with E-state index in [1.807, 2.05) is 0 Å². The summed E-state index contributed by atoms with van der Waals surface area (Å²) < 4.78 is 11.3. The summed E-state index contributed by atoms with van der Waals surface area (Å²) in [6.07, 6.45) is 1.61. The normalized spacial score (nSPS) is 14.9. The molecule has 4 rings (SSSR count). The summed E-state index contributed by atoms with van der Waals surface area (Å²) in [5.41, 5.74) is 1.42. The number of thiocarbonyl (C=S) groups is 1. The topological polar surface area (TPSA) is 59.8 Å². The van der Waals surface area contributed by atoms with E-state index in [2.05, 4.69) is 0 Å². The average molecular weight is 539 g/mol. The van der Waals surface area contributed by atoms with Gasteiger partial charge in [0.1, 0.15) is 11.5 Å². The van der Waals surface area contributed by atoms with Crippen LogP contribution in [0.2, 0.25) is 15.1 Å². The Bertz CT molecular complexity index is 1320. The van der Waals surface area contributed by atoms with Gasteiger partial charge in [0.05, 0.1) is 37.8 Å². The van der Waals surface area contributed by atoms with E-state index in [0.29, 0.717) is 42.0 Å². The molecule has 2 heterocycles. The zero-order valence-electron chi connectivity index (χ0n) is 16.9. The van der Waals surface area contributed by atoms with Gasteiger partial charge in [0.15, 0.2) is 4.32 Å². The highest BCUT2D eigenvalue weighted by molar-refractivity contribution is 8.27. The molecule has 3 aromatic rings. The third-order valence-corrected chi connectivity index (χ3v) is 6.97. The zero-order valence-corrected chi connectivity index (χ0v) is 20.8. The fraction of sp³-hybridized carbons (Fsp3) is 0.0870. The highest BCUT2D eigenvalue weighted by Crippen LogP contribution is 2.38. The number of amides is 1. The Morgan fingerprint density at radius 1 is 1.09 bits per heavy atom. The molecule has 1 aliphatic heterocycles. The molecule has 1 saturated heterocycles. The number of hydrogen-bond donors (Lipinski definition) is 0. The molecule has 2 aromatic carbocycles. The molecule has 0 radical (unpaired) electrons. The van der Waals surface area contributed by atoms with E-state index in [-0.39, 0.29) is 23.1 Å². The van der Waals surface area contributed by atoms with Crippen LogP contribution in [-0.4, -0.2) is 22.8 Å². The Balaban J connectivity index is 1.60. The number of benzene rings is 2. The van der Waals surface area contributed by atoms with Gasteiger partial charge < -0.3 is 9.15 Å². The Morgan fingerprint density at radius 3 is 2.58 bits per heavy atom. The third-order valence-electron chi connectivity index (χ3n) is 4.60. The van der Waals surface area contributed by atoms with Gasteiger partial charge in [0.25, 0.3) is 5.91 Å². The number of ether oxygens (including phenoxy) is 1. The second-order valence-corrected chi connectivity index (χ2v) is 9.63. The number of rotatable bonds is 5. The van der Waals surface area contributed by atoms with Crippen LogP contribution in [-0.2, 0) is 9.53 Å². The molecule has 1 aliphatic rings. The van der Waals surface area contributed by atoms with Crippen LogP contribution in [0.3, 0.4) is 0 Å². The van der Waals surface area contributed by atoms with E-state index < -0.39 is 5.97 Å². The van der Waals surface area contributed by atoms with Crippen molar-refractivity contribution in [1.29, 1.82) is 0 Å². The first-order chi connectivity index (χ1) is 15.8. The number of esters is 1. The van der Waals surface area contributed by atoms with E-state index in [4.69, 9.17) is 56.2 Å². The lowest BCUT2D eigenvalue weighted by atomic mass is 10.1. The van der Waals surface area contributed by atoms with Gasteiger partial charge in [-0.05, 0) is 55.5 Å². The van der Waals surface area contributed by atoms with Crippen LogP contribution < -0.4 is 4.90 Å². The molecule has 0 saturated carbocycles. The Kier molecular flexibility index (Phi) is 7.16. The Labute approximate surface area is 214 Å². The van der Waals surface area contributed by atoms with E-state index in [1.54, 1.807) is 61.5 Å². The lowest BCUT2D eigenvalue weighted by molar-refractivity contribution is -0.113. The zero-order chi connectivity index (χ0) is 23.7. The van der Waals surface area contributed by atoms with Gasteiger partial charge in [-0.2, -0.15) is 0 Å². The maximum atomic E-state index is 13.0. The van der Waals surface area contributed by atoms with Crippen LogP contribution in [0.5, 0.6) is 0 Å². The highest BCUT2D eigenvalue weighted by atomic mass is 35.5. The monoisotopic (exact) mass is 537 g/mol. The van der Waals surface area contributed by atoms with Crippen LogP contribution in [0, 0.1) is 0 Å². The molecule has 0 N–H and O–H groups in total. The maximum Gasteiger partial charge on any atom is 0.339 e. The number of hydrogen-bond acceptors (Lipinski definition) is 6. The first kappa shape index (κ1) is 23.9. The summed E-state index contributed by atoms with van der Waals surface area (Å²) in [7, 11) is 0. The molecule has 0 bridgehead atoms. The lowest BCUT2D eigenvalue weighted by Crippen LogP contribution is -2.27. The predicted molar refractivity (Wildman–Crippen MR) is 137 cm³/mol. The lowest BCUT2D eigenvalue weighted by Gasteiger charge is -2.15. The van der Waals surface area contributed by atoms with Crippen LogP contribution in [0.4, 0.5) is 5.69 Å². The van der Waals surface area contributed by atoms with Crippen molar-refractivity contribution >= 4 is 86.7 Å². The third kappa shape index (κ3) is 4.98. The molecule has 33 heavy (non-hydrogen) atoms. The minimum Gasteiger partial charge on any atom is -0.462 e. The smallest absolute Gasteiger partial charge is 0.339 e. The number of furan rings is 1. The SMILES string of the molecule is CCOC(=O)c1cc(-c2ccc(/C=C3\SC(=S)N(c4ccc(Cl)c(Cl)c4)C3=O)o2)ccc1Cl. The number of thioether (sulfide) groups is 1. The first-order valence-corrected chi connectivity index (χ1v) is 11.9. The van der Waals surface area contributed by atoms with Gasteiger partial charge in [-0.25, -0.2) is 4.79 Å². The first-order valence-electron chi connectivity index (χ1n) is 9.58. The molecule has 0 unspecified atom stereocenters. The van der Waals surface area contributed by atoms with Crippen molar-refractivity contribution in [2.24, 2.45) is 0 Å². The van der Waals surface area contributed by atoms with Crippen molar-refractivity contribution < 1.29 is 18.7 Å². The largest absolute Gasteiger partial charge is 0.462 e. The van der Waals surface area contributed by atoms with Gasteiger partial charge in [-0.3, -0.25) is 9.69 Å². The van der Waals surface area contributed by atoms with Crippen molar-refractivity contribution in [1.82, 2.24) is 0 Å². The number of carbonyl (C=O) groups excluding carboxylic acids is 2. The van der Waals surface area contributed by atoms with Crippen LogP contribution in [0.25, 0.3) is 17.4 Å². The minimum absolute atomic E-state index is 0.241. The van der Waals surface area contributed by atoms with Gasteiger partial charge in [-0.15, -0.1) is 0 Å². The van der Waals surface area contributed by atoms with Crippen LogP contribution in [0.1, 0.15) is 23.0 Å². The number of anilines is 1. The molecule has 168 valence electrons. The second-order valence-electron chi connectivity index (χ2n) is 6.73. The quantitative estimate of drug-likeness (QED) is 0.191. The summed E-state index contributed by atoms with van der Waals surface area (Å²) in [4.78, 5) is 26.9. The standard InChI is InChI=1S/C23H14Cl3NO4S2/c1-2-30-22(29)15-9-12(3-6-16(15)24)19-8-5-14(31-19)11-20-21(28)27(23(32)33-20)13-4-7-17(25)18(26)10-13/h3-11H,2H2,1H3/b20-11-. The van der Waals surface area contributed by atoms with Gasteiger partial charge >= 0.3 is 5.97 Å². The average Bonchev–Trinajstić information content (AvgIpc) is 3.35. The van der Waals surface area contributed by atoms with Crippen molar-refractivity contribution in [2.75, 3.05) is 11.5 Å². The molecule has 1 aromatic heterocycles. The summed E-state index contributed by atoms with van der Waals surface area (Å²) in [5, 5.41) is 1.00. The fourth-order valence-electron chi connectivity index (χ4n) is 3.07. The number of halogens is 3. The second kappa shape index (κ2) is 9.91. The van der Waals surface area contributed by atoms with Crippen molar-refractivity contribution in [3.8, 4) is 11.3 Å².